The maximum absolute atomic E-state index is 6.20. The van der Waals surface area contributed by atoms with Gasteiger partial charge in [0.15, 0.2) is 0 Å². The van der Waals surface area contributed by atoms with Crippen LogP contribution < -0.4 is 10.6 Å². The van der Waals surface area contributed by atoms with Crippen molar-refractivity contribution >= 4 is 33.2 Å². The zero-order valence-electron chi connectivity index (χ0n) is 10.7. The normalized spacial score (nSPS) is 10.5. The molecule has 2 N–H and O–H groups in total. The minimum absolute atomic E-state index is 0.504. The largest absolute Gasteiger partial charge is 0.370 e. The molecule has 0 aliphatic rings. The maximum atomic E-state index is 6.20. The van der Waals surface area contributed by atoms with Gasteiger partial charge in [0.1, 0.15) is 0 Å². The Morgan fingerprint density at radius 2 is 1.89 bits per heavy atom. The van der Waals surface area contributed by atoms with Crippen molar-refractivity contribution in [2.24, 2.45) is 5.73 Å². The summed E-state index contributed by atoms with van der Waals surface area (Å²) >= 11 is 9.74. The van der Waals surface area contributed by atoms with E-state index in [-0.39, 0.29) is 0 Å². The summed E-state index contributed by atoms with van der Waals surface area (Å²) in [6.07, 6.45) is 0. The molecule has 0 radical (unpaired) electrons. The number of halogens is 2. The highest BCUT2D eigenvalue weighted by Gasteiger charge is 2.10. The predicted octanol–water partition coefficient (Wildman–Crippen LogP) is 4.20. The van der Waals surface area contributed by atoms with Crippen LogP contribution in [0.25, 0.3) is 0 Å². The fourth-order valence-electron chi connectivity index (χ4n) is 2.07. The van der Waals surface area contributed by atoms with E-state index in [0.717, 1.165) is 32.9 Å². The Morgan fingerprint density at radius 3 is 2.58 bits per heavy atom. The van der Waals surface area contributed by atoms with Gasteiger partial charge in [0.05, 0.1) is 0 Å². The fourth-order valence-corrected chi connectivity index (χ4v) is 2.79. The second kappa shape index (κ2) is 6.42. The first-order valence-electron chi connectivity index (χ1n) is 6.05. The molecule has 0 aliphatic carbocycles. The number of rotatable bonds is 4. The lowest BCUT2D eigenvalue weighted by Gasteiger charge is -2.23. The van der Waals surface area contributed by atoms with Crippen LogP contribution in [-0.4, -0.2) is 7.05 Å². The van der Waals surface area contributed by atoms with Crippen LogP contribution in [0.3, 0.4) is 0 Å². The van der Waals surface area contributed by atoms with Gasteiger partial charge in [0.2, 0.25) is 0 Å². The minimum Gasteiger partial charge on any atom is -0.370 e. The molecule has 0 amide bonds. The van der Waals surface area contributed by atoms with E-state index in [4.69, 9.17) is 17.3 Å². The van der Waals surface area contributed by atoms with Crippen molar-refractivity contribution < 1.29 is 0 Å². The molecule has 0 heterocycles. The Labute approximate surface area is 127 Å². The number of hydrogen-bond donors (Lipinski definition) is 1. The molecular weight excluding hydrogens is 324 g/mol. The first-order chi connectivity index (χ1) is 9.13. The summed E-state index contributed by atoms with van der Waals surface area (Å²) in [4.78, 5) is 2.16. The standard InChI is InChI=1S/C15H16BrClN2/c1-19(10-11-5-2-3-7-14(11)17)15-8-4-6-13(16)12(15)9-18/h2-8H,9-10,18H2,1H3. The highest BCUT2D eigenvalue weighted by Crippen LogP contribution is 2.28. The lowest BCUT2D eigenvalue weighted by molar-refractivity contribution is 0.902. The van der Waals surface area contributed by atoms with Crippen LogP contribution in [0.15, 0.2) is 46.9 Å². The molecule has 4 heteroatoms. The molecule has 0 fully saturated rings. The Bertz CT molecular complexity index is 572. The molecule has 2 rings (SSSR count). The van der Waals surface area contributed by atoms with E-state index in [9.17, 15) is 0 Å². The Balaban J connectivity index is 2.28. The molecule has 0 atom stereocenters. The van der Waals surface area contributed by atoms with Gasteiger partial charge in [-0.15, -0.1) is 0 Å². The van der Waals surface area contributed by atoms with Crippen molar-refractivity contribution in [3.05, 3.63) is 63.1 Å². The van der Waals surface area contributed by atoms with Crippen molar-refractivity contribution in [3.63, 3.8) is 0 Å². The third kappa shape index (κ3) is 3.30. The molecule has 100 valence electrons. The van der Waals surface area contributed by atoms with E-state index in [2.05, 4.69) is 26.9 Å². The van der Waals surface area contributed by atoms with Crippen LogP contribution in [0.2, 0.25) is 5.02 Å². The van der Waals surface area contributed by atoms with Gasteiger partial charge < -0.3 is 10.6 Å². The minimum atomic E-state index is 0.504. The van der Waals surface area contributed by atoms with E-state index < -0.39 is 0 Å². The van der Waals surface area contributed by atoms with Crippen molar-refractivity contribution in [1.29, 1.82) is 0 Å². The molecule has 0 bridgehead atoms. The van der Waals surface area contributed by atoms with Gasteiger partial charge in [-0.2, -0.15) is 0 Å². The number of nitrogens with zero attached hydrogens (tertiary/aromatic N) is 1. The molecule has 0 unspecified atom stereocenters. The number of benzene rings is 2. The topological polar surface area (TPSA) is 29.3 Å². The van der Waals surface area contributed by atoms with E-state index in [1.54, 1.807) is 0 Å². The average Bonchev–Trinajstić information content (AvgIpc) is 2.41. The van der Waals surface area contributed by atoms with Gasteiger partial charge in [-0.25, -0.2) is 0 Å². The number of anilines is 1. The Kier molecular flexibility index (Phi) is 4.86. The highest BCUT2D eigenvalue weighted by atomic mass is 79.9. The van der Waals surface area contributed by atoms with Crippen molar-refractivity contribution in [2.45, 2.75) is 13.1 Å². The average molecular weight is 340 g/mol. The van der Waals surface area contributed by atoms with Crippen LogP contribution in [0.5, 0.6) is 0 Å². The summed E-state index contributed by atoms with van der Waals surface area (Å²) in [5, 5.41) is 0.790. The van der Waals surface area contributed by atoms with Gasteiger partial charge >= 0.3 is 0 Å². The quantitative estimate of drug-likeness (QED) is 0.904. The van der Waals surface area contributed by atoms with E-state index in [1.807, 2.05) is 43.4 Å². The summed E-state index contributed by atoms with van der Waals surface area (Å²) in [6.45, 7) is 1.26. The molecule has 0 saturated carbocycles. The second-order valence-electron chi connectivity index (χ2n) is 4.39. The molecule has 2 nitrogen and oxygen atoms in total. The Morgan fingerprint density at radius 1 is 1.16 bits per heavy atom. The fraction of sp³-hybridized carbons (Fsp3) is 0.200. The smallest absolute Gasteiger partial charge is 0.0455 e. The lowest BCUT2D eigenvalue weighted by Crippen LogP contribution is -2.19. The SMILES string of the molecule is CN(Cc1ccccc1Cl)c1cccc(Br)c1CN. The number of nitrogens with two attached hydrogens (primary N) is 1. The second-order valence-corrected chi connectivity index (χ2v) is 5.65. The molecule has 2 aromatic rings. The summed E-state index contributed by atoms with van der Waals surface area (Å²) < 4.78 is 1.04. The van der Waals surface area contributed by atoms with Gasteiger partial charge in [-0.3, -0.25) is 0 Å². The predicted molar refractivity (Wildman–Crippen MR) is 85.6 cm³/mol. The summed E-state index contributed by atoms with van der Waals surface area (Å²) in [5.74, 6) is 0. The van der Waals surface area contributed by atoms with Gasteiger partial charge in [0.25, 0.3) is 0 Å². The van der Waals surface area contributed by atoms with Crippen LogP contribution in [0.4, 0.5) is 5.69 Å². The van der Waals surface area contributed by atoms with Crippen molar-refractivity contribution in [3.8, 4) is 0 Å². The van der Waals surface area contributed by atoms with Crippen molar-refractivity contribution in [2.75, 3.05) is 11.9 Å². The first-order valence-corrected chi connectivity index (χ1v) is 7.22. The zero-order chi connectivity index (χ0) is 13.8. The molecule has 19 heavy (non-hydrogen) atoms. The van der Waals surface area contributed by atoms with Crippen LogP contribution in [-0.2, 0) is 13.1 Å². The lowest BCUT2D eigenvalue weighted by atomic mass is 10.1. The third-order valence-electron chi connectivity index (χ3n) is 3.07. The summed E-state index contributed by atoms with van der Waals surface area (Å²) in [7, 11) is 2.05. The van der Waals surface area contributed by atoms with Gasteiger partial charge in [0, 0.05) is 40.9 Å². The number of hydrogen-bond acceptors (Lipinski definition) is 2. The summed E-state index contributed by atoms with van der Waals surface area (Å²) in [6, 6.07) is 14.0. The van der Waals surface area contributed by atoms with Crippen LogP contribution in [0, 0.1) is 0 Å². The van der Waals surface area contributed by atoms with Crippen molar-refractivity contribution in [1.82, 2.24) is 0 Å². The zero-order valence-corrected chi connectivity index (χ0v) is 13.1. The van der Waals surface area contributed by atoms with Crippen LogP contribution in [0.1, 0.15) is 11.1 Å². The summed E-state index contributed by atoms with van der Waals surface area (Å²) in [5.41, 5.74) is 9.17. The third-order valence-corrected chi connectivity index (χ3v) is 4.19. The molecule has 0 spiro atoms. The van der Waals surface area contributed by atoms with E-state index in [0.29, 0.717) is 6.54 Å². The molecule has 2 aromatic carbocycles. The first kappa shape index (κ1) is 14.4. The van der Waals surface area contributed by atoms with Gasteiger partial charge in [-0.1, -0.05) is 51.8 Å². The molecule has 0 aromatic heterocycles. The molecular formula is C15H16BrClN2. The van der Waals surface area contributed by atoms with Crippen LogP contribution >= 0.6 is 27.5 Å². The van der Waals surface area contributed by atoms with Gasteiger partial charge in [-0.05, 0) is 23.8 Å². The molecule has 0 saturated heterocycles. The van der Waals surface area contributed by atoms with E-state index >= 15 is 0 Å². The highest BCUT2D eigenvalue weighted by molar-refractivity contribution is 9.10. The maximum Gasteiger partial charge on any atom is 0.0455 e. The monoisotopic (exact) mass is 338 g/mol. The Hall–Kier alpha value is -1.03. The molecule has 0 aliphatic heterocycles. The van der Waals surface area contributed by atoms with E-state index in [1.165, 1.54) is 0 Å².